The standard InChI is InChI=1S/C31H49NO5/c1-17-6-7-28-18(2)22-9-11-31(35)24(23(22)16-32(28)15-17)13-25-26(31)14-29(37-20(4)34)27-12-21(36-19(3)33)8-10-30(25,27)5/h17-18,21-29,35H,6-16H2,1-5H3/t17-,18-,21-,22-,23+,24+,25+,26+,27-,28+,29+,30-,31+/m1/s1. The summed E-state index contributed by atoms with van der Waals surface area (Å²) in [6.07, 6.45) is 8.85. The molecule has 4 saturated carbocycles. The van der Waals surface area contributed by atoms with Gasteiger partial charge in [-0.3, -0.25) is 14.5 Å². The molecule has 0 bridgehead atoms. The molecule has 2 saturated heterocycles. The minimum atomic E-state index is -0.654. The number of esters is 2. The highest BCUT2D eigenvalue weighted by atomic mass is 16.5. The molecule has 37 heavy (non-hydrogen) atoms. The molecule has 208 valence electrons. The van der Waals surface area contributed by atoms with E-state index < -0.39 is 5.60 Å². The van der Waals surface area contributed by atoms with Crippen molar-refractivity contribution in [1.29, 1.82) is 0 Å². The maximum absolute atomic E-state index is 12.6. The number of rotatable bonds is 2. The molecule has 6 fully saturated rings. The lowest BCUT2D eigenvalue weighted by Gasteiger charge is -2.59. The Labute approximate surface area is 223 Å². The van der Waals surface area contributed by atoms with Crippen LogP contribution in [0.4, 0.5) is 0 Å². The molecule has 0 amide bonds. The highest BCUT2D eigenvalue weighted by Crippen LogP contribution is 2.68. The number of piperidine rings is 2. The minimum absolute atomic E-state index is 0.00922. The molecule has 0 aromatic heterocycles. The quantitative estimate of drug-likeness (QED) is 0.532. The van der Waals surface area contributed by atoms with Crippen molar-refractivity contribution in [2.24, 2.45) is 52.8 Å². The van der Waals surface area contributed by atoms with Gasteiger partial charge in [-0.25, -0.2) is 0 Å². The Kier molecular flexibility index (Phi) is 6.50. The summed E-state index contributed by atoms with van der Waals surface area (Å²) in [5.74, 6) is 3.41. The molecule has 0 aromatic rings. The molecule has 0 unspecified atom stereocenters. The van der Waals surface area contributed by atoms with Crippen LogP contribution in [0, 0.1) is 52.8 Å². The molecule has 6 rings (SSSR count). The number of hydrogen-bond donors (Lipinski definition) is 1. The molecular formula is C31H49NO5. The molecule has 0 spiro atoms. The molecule has 1 N–H and O–H groups in total. The molecule has 2 heterocycles. The van der Waals surface area contributed by atoms with E-state index in [0.29, 0.717) is 29.6 Å². The molecule has 4 aliphatic carbocycles. The third-order valence-corrected chi connectivity index (χ3v) is 12.7. The maximum Gasteiger partial charge on any atom is 0.302 e. The first-order valence-corrected chi connectivity index (χ1v) is 15.3. The van der Waals surface area contributed by atoms with Gasteiger partial charge in [-0.05, 0) is 105 Å². The second-order valence-electron chi connectivity index (χ2n) is 14.5. The largest absolute Gasteiger partial charge is 0.463 e. The number of carbonyl (C=O) groups excluding carboxylic acids is 2. The van der Waals surface area contributed by atoms with Crippen LogP contribution >= 0.6 is 0 Å². The van der Waals surface area contributed by atoms with Crippen molar-refractivity contribution in [2.45, 2.75) is 116 Å². The topological polar surface area (TPSA) is 76.1 Å². The Morgan fingerprint density at radius 3 is 2.30 bits per heavy atom. The number of hydrogen-bond acceptors (Lipinski definition) is 6. The zero-order valence-corrected chi connectivity index (χ0v) is 23.7. The van der Waals surface area contributed by atoms with Crippen molar-refractivity contribution in [3.05, 3.63) is 0 Å². The maximum atomic E-state index is 12.6. The van der Waals surface area contributed by atoms with E-state index in [-0.39, 0.29) is 41.4 Å². The summed E-state index contributed by atoms with van der Waals surface area (Å²) in [5.41, 5.74) is -0.663. The lowest BCUT2D eigenvalue weighted by molar-refractivity contribution is -0.195. The average molecular weight is 516 g/mol. The summed E-state index contributed by atoms with van der Waals surface area (Å²) in [6, 6.07) is 0.721. The van der Waals surface area contributed by atoms with E-state index in [1.165, 1.54) is 33.2 Å². The normalized spacial score (nSPS) is 53.1. The molecule has 13 atom stereocenters. The van der Waals surface area contributed by atoms with E-state index in [1.807, 2.05) is 0 Å². The molecule has 6 nitrogen and oxygen atoms in total. The van der Waals surface area contributed by atoms with Crippen molar-refractivity contribution in [3.8, 4) is 0 Å². The van der Waals surface area contributed by atoms with Gasteiger partial charge in [0.15, 0.2) is 0 Å². The van der Waals surface area contributed by atoms with E-state index in [2.05, 4.69) is 25.7 Å². The van der Waals surface area contributed by atoms with Gasteiger partial charge >= 0.3 is 11.9 Å². The zero-order valence-electron chi connectivity index (χ0n) is 23.7. The molecule has 6 aliphatic rings. The third kappa shape index (κ3) is 4.10. The highest BCUT2D eigenvalue weighted by Gasteiger charge is 2.68. The molecule has 0 aromatic carbocycles. The van der Waals surface area contributed by atoms with Crippen LogP contribution in [0.1, 0.15) is 92.4 Å². The zero-order chi connectivity index (χ0) is 26.3. The summed E-state index contributed by atoms with van der Waals surface area (Å²) in [6.45, 7) is 12.7. The van der Waals surface area contributed by atoms with Crippen molar-refractivity contribution < 1.29 is 24.2 Å². The highest BCUT2D eigenvalue weighted by molar-refractivity contribution is 5.66. The van der Waals surface area contributed by atoms with Gasteiger partial charge in [0, 0.05) is 38.9 Å². The Balaban J connectivity index is 1.30. The van der Waals surface area contributed by atoms with Gasteiger partial charge in [-0.2, -0.15) is 0 Å². The summed E-state index contributed by atoms with van der Waals surface area (Å²) in [4.78, 5) is 26.8. The first-order valence-electron chi connectivity index (χ1n) is 15.3. The van der Waals surface area contributed by atoms with Gasteiger partial charge in [0.1, 0.15) is 12.2 Å². The number of carbonyl (C=O) groups is 2. The van der Waals surface area contributed by atoms with Crippen LogP contribution in [0.3, 0.4) is 0 Å². The monoisotopic (exact) mass is 515 g/mol. The summed E-state index contributed by atoms with van der Waals surface area (Å²) in [7, 11) is 0. The average Bonchev–Trinajstić information content (AvgIpc) is 3.13. The van der Waals surface area contributed by atoms with E-state index in [1.54, 1.807) is 0 Å². The molecule has 2 aliphatic heterocycles. The van der Waals surface area contributed by atoms with E-state index in [0.717, 1.165) is 63.5 Å². The lowest BCUT2D eigenvalue weighted by atomic mass is 9.50. The van der Waals surface area contributed by atoms with Crippen LogP contribution in [-0.2, 0) is 19.1 Å². The van der Waals surface area contributed by atoms with Crippen LogP contribution in [0.15, 0.2) is 0 Å². The predicted octanol–water partition coefficient (Wildman–Crippen LogP) is 4.82. The fourth-order valence-electron chi connectivity index (χ4n) is 11.2. The fourth-order valence-corrected chi connectivity index (χ4v) is 11.2. The summed E-state index contributed by atoms with van der Waals surface area (Å²) < 4.78 is 11.7. The molecular weight excluding hydrogens is 466 g/mol. The first-order chi connectivity index (χ1) is 17.5. The van der Waals surface area contributed by atoms with Crippen molar-refractivity contribution in [3.63, 3.8) is 0 Å². The summed E-state index contributed by atoms with van der Waals surface area (Å²) in [5, 5.41) is 12.6. The molecule has 0 radical (unpaired) electrons. The Morgan fingerprint density at radius 2 is 1.57 bits per heavy atom. The van der Waals surface area contributed by atoms with Gasteiger partial charge in [-0.15, -0.1) is 0 Å². The van der Waals surface area contributed by atoms with Crippen molar-refractivity contribution in [2.75, 3.05) is 13.1 Å². The number of fused-ring (bicyclic) bond motifs is 8. The van der Waals surface area contributed by atoms with E-state index >= 15 is 0 Å². The predicted molar refractivity (Wildman–Crippen MR) is 140 cm³/mol. The smallest absolute Gasteiger partial charge is 0.302 e. The van der Waals surface area contributed by atoms with Crippen LogP contribution < -0.4 is 0 Å². The van der Waals surface area contributed by atoms with E-state index in [9.17, 15) is 14.7 Å². The fraction of sp³-hybridized carbons (Fsp3) is 0.935. The lowest BCUT2D eigenvalue weighted by Crippen LogP contribution is -2.62. The van der Waals surface area contributed by atoms with Gasteiger partial charge in [0.25, 0.3) is 0 Å². The van der Waals surface area contributed by atoms with Gasteiger partial charge < -0.3 is 14.6 Å². The second kappa shape index (κ2) is 9.21. The number of nitrogens with zero attached hydrogens (tertiary/aromatic N) is 1. The first kappa shape index (κ1) is 26.1. The van der Waals surface area contributed by atoms with Crippen LogP contribution in [0.2, 0.25) is 0 Å². The van der Waals surface area contributed by atoms with E-state index in [4.69, 9.17) is 9.47 Å². The van der Waals surface area contributed by atoms with Crippen LogP contribution in [-0.4, -0.2) is 58.9 Å². The van der Waals surface area contributed by atoms with Gasteiger partial charge in [0.05, 0.1) is 5.60 Å². The van der Waals surface area contributed by atoms with Crippen molar-refractivity contribution in [1.82, 2.24) is 4.90 Å². The molecule has 6 heteroatoms. The SMILES string of the molecule is CC(=O)O[C@@H]1CC[C@@]2(C)[C@H](C1)[C@@H](OC(C)=O)C[C@H]1[C@@H]2C[C@H]2[C@H]3CN4C[C@H](C)CC[C@H]4[C@H](C)[C@H]3CC[C@]21O. The Hall–Kier alpha value is -1.14. The second-order valence-corrected chi connectivity index (χ2v) is 14.5. The number of ether oxygens (including phenoxy) is 2. The van der Waals surface area contributed by atoms with Gasteiger partial charge in [0.2, 0.25) is 0 Å². The minimum Gasteiger partial charge on any atom is -0.463 e. The summed E-state index contributed by atoms with van der Waals surface area (Å²) >= 11 is 0. The third-order valence-electron chi connectivity index (χ3n) is 12.7. The Bertz CT molecular complexity index is 921. The van der Waals surface area contributed by atoms with Crippen LogP contribution in [0.5, 0.6) is 0 Å². The van der Waals surface area contributed by atoms with Gasteiger partial charge in [-0.1, -0.05) is 20.8 Å². The van der Waals surface area contributed by atoms with Crippen LogP contribution in [0.25, 0.3) is 0 Å². The number of aliphatic hydroxyl groups is 1. The Morgan fingerprint density at radius 1 is 0.811 bits per heavy atom. The van der Waals surface area contributed by atoms with Crippen molar-refractivity contribution >= 4 is 11.9 Å².